The lowest BCUT2D eigenvalue weighted by molar-refractivity contribution is -0.124. The molecular weight excluding hydrogens is 302 g/mol. The molecule has 0 spiro atoms. The third kappa shape index (κ3) is 3.56. The van der Waals surface area contributed by atoms with E-state index in [-0.39, 0.29) is 18.2 Å². The molecule has 1 aliphatic rings. The van der Waals surface area contributed by atoms with Gasteiger partial charge in [-0.3, -0.25) is 9.59 Å². The molecule has 0 aromatic heterocycles. The number of rotatable bonds is 3. The molecule has 3 N–H and O–H groups in total. The minimum atomic E-state index is -0.414. The van der Waals surface area contributed by atoms with E-state index in [1.165, 1.54) is 0 Å². The molecule has 2 aromatic carbocycles. The van der Waals surface area contributed by atoms with Crippen LogP contribution in [0.5, 0.6) is 0 Å². The Balaban J connectivity index is 1.65. The van der Waals surface area contributed by atoms with Gasteiger partial charge in [0.05, 0.1) is 17.3 Å². The first-order chi connectivity index (χ1) is 11.5. The Labute approximate surface area is 141 Å². The lowest BCUT2D eigenvalue weighted by atomic mass is 10.0. The van der Waals surface area contributed by atoms with Gasteiger partial charge in [0.25, 0.3) is 0 Å². The van der Waals surface area contributed by atoms with Crippen molar-refractivity contribution < 1.29 is 9.59 Å². The molecule has 1 heterocycles. The second kappa shape index (κ2) is 6.74. The molecule has 2 aromatic rings. The minimum absolute atomic E-state index is 0.136. The predicted molar refractivity (Wildman–Crippen MR) is 96.2 cm³/mol. The van der Waals surface area contributed by atoms with Crippen LogP contribution in [0.15, 0.2) is 42.5 Å². The van der Waals surface area contributed by atoms with Gasteiger partial charge in [0.1, 0.15) is 0 Å². The van der Waals surface area contributed by atoms with E-state index in [9.17, 15) is 9.59 Å². The number of carbonyl (C=O) groups excluding carboxylic acids is 2. The smallest absolute Gasteiger partial charge is 0.229 e. The Morgan fingerprint density at radius 3 is 2.67 bits per heavy atom. The van der Waals surface area contributed by atoms with Crippen molar-refractivity contribution in [3.63, 3.8) is 0 Å². The van der Waals surface area contributed by atoms with Crippen LogP contribution in [0.2, 0.25) is 0 Å². The number of carbonyl (C=O) groups is 2. The van der Waals surface area contributed by atoms with Gasteiger partial charge in [0.2, 0.25) is 11.8 Å². The number of amides is 2. The zero-order valence-electron chi connectivity index (χ0n) is 13.8. The first-order valence-electron chi connectivity index (χ1n) is 8.04. The molecule has 0 fully saturated rings. The fourth-order valence-corrected chi connectivity index (χ4v) is 2.85. The maximum absolute atomic E-state index is 12.3. The van der Waals surface area contributed by atoms with Gasteiger partial charge >= 0.3 is 0 Å². The van der Waals surface area contributed by atoms with Crippen molar-refractivity contribution in [2.24, 2.45) is 5.92 Å². The number of hydrogen-bond donors (Lipinski definition) is 3. The van der Waals surface area contributed by atoms with E-state index in [1.54, 1.807) is 0 Å². The van der Waals surface area contributed by atoms with Gasteiger partial charge in [-0.05, 0) is 37.6 Å². The standard InChI is InChI=1S/C19H21N3O2/c1-12-7-8-15(13(2)9-12)21-18(23)10-14-11-20-16-5-3-4-6-17(16)22-19(14)24/h3-9,14,20H,10-11H2,1-2H3,(H,21,23)(H,22,24)/t14-/m1/s1. The summed E-state index contributed by atoms with van der Waals surface area (Å²) in [5.74, 6) is -0.707. The lowest BCUT2D eigenvalue weighted by Crippen LogP contribution is -2.30. The van der Waals surface area contributed by atoms with Crippen LogP contribution in [0, 0.1) is 19.8 Å². The van der Waals surface area contributed by atoms with Crippen molar-refractivity contribution in [3.8, 4) is 0 Å². The van der Waals surface area contributed by atoms with Gasteiger partial charge in [-0.2, -0.15) is 0 Å². The number of anilines is 3. The fraction of sp³-hybridized carbons (Fsp3) is 0.263. The number of aryl methyl sites for hydroxylation is 2. The van der Waals surface area contributed by atoms with Crippen LogP contribution < -0.4 is 16.0 Å². The summed E-state index contributed by atoms with van der Waals surface area (Å²) < 4.78 is 0. The summed E-state index contributed by atoms with van der Waals surface area (Å²) in [7, 11) is 0. The molecule has 24 heavy (non-hydrogen) atoms. The molecule has 0 bridgehead atoms. The van der Waals surface area contributed by atoms with Gasteiger partial charge in [0.15, 0.2) is 0 Å². The maximum Gasteiger partial charge on any atom is 0.229 e. The number of fused-ring (bicyclic) bond motifs is 1. The number of nitrogens with one attached hydrogen (secondary N) is 3. The second-order valence-electron chi connectivity index (χ2n) is 6.18. The number of hydrogen-bond acceptors (Lipinski definition) is 3. The van der Waals surface area contributed by atoms with Crippen LogP contribution in [0.3, 0.4) is 0 Å². The van der Waals surface area contributed by atoms with Crippen LogP contribution in [0.4, 0.5) is 17.1 Å². The van der Waals surface area contributed by atoms with Gasteiger partial charge in [-0.15, -0.1) is 0 Å². The lowest BCUT2D eigenvalue weighted by Gasteiger charge is -2.14. The van der Waals surface area contributed by atoms with E-state index >= 15 is 0 Å². The molecular formula is C19H21N3O2. The van der Waals surface area contributed by atoms with Gasteiger partial charge in [-0.1, -0.05) is 29.8 Å². The molecule has 0 aliphatic carbocycles. The SMILES string of the molecule is Cc1ccc(NC(=O)C[C@@H]2CNc3ccccc3NC2=O)c(C)c1. The van der Waals surface area contributed by atoms with Crippen LogP contribution in [0.25, 0.3) is 0 Å². The first-order valence-corrected chi connectivity index (χ1v) is 8.04. The van der Waals surface area contributed by atoms with Crippen molar-refractivity contribution in [1.82, 2.24) is 0 Å². The van der Waals surface area contributed by atoms with Crippen LogP contribution in [0.1, 0.15) is 17.5 Å². The summed E-state index contributed by atoms with van der Waals surface area (Å²) in [6.07, 6.45) is 0.139. The molecule has 5 nitrogen and oxygen atoms in total. The maximum atomic E-state index is 12.3. The van der Waals surface area contributed by atoms with Crippen molar-refractivity contribution in [2.75, 3.05) is 22.5 Å². The molecule has 5 heteroatoms. The van der Waals surface area contributed by atoms with Crippen LogP contribution in [-0.4, -0.2) is 18.4 Å². The average Bonchev–Trinajstić information content (AvgIpc) is 2.70. The highest BCUT2D eigenvalue weighted by Gasteiger charge is 2.25. The predicted octanol–water partition coefficient (Wildman–Crippen LogP) is 3.31. The zero-order chi connectivity index (χ0) is 17.1. The molecule has 0 unspecified atom stereocenters. The molecule has 0 saturated carbocycles. The Kier molecular flexibility index (Phi) is 4.51. The average molecular weight is 323 g/mol. The summed E-state index contributed by atoms with van der Waals surface area (Å²) in [4.78, 5) is 24.7. The zero-order valence-corrected chi connectivity index (χ0v) is 13.8. The molecule has 2 amide bonds. The normalized spacial score (nSPS) is 16.4. The van der Waals surface area contributed by atoms with Crippen molar-refractivity contribution in [1.29, 1.82) is 0 Å². The second-order valence-corrected chi connectivity index (χ2v) is 6.18. The van der Waals surface area contributed by atoms with E-state index in [0.29, 0.717) is 6.54 Å². The van der Waals surface area contributed by atoms with Crippen molar-refractivity contribution in [2.45, 2.75) is 20.3 Å². The Morgan fingerprint density at radius 1 is 1.17 bits per heavy atom. The summed E-state index contributed by atoms with van der Waals surface area (Å²) >= 11 is 0. The van der Waals surface area contributed by atoms with Crippen molar-refractivity contribution >= 4 is 28.9 Å². The van der Waals surface area contributed by atoms with E-state index in [1.807, 2.05) is 56.3 Å². The first kappa shape index (κ1) is 16.1. The quantitative estimate of drug-likeness (QED) is 0.811. The summed E-state index contributed by atoms with van der Waals surface area (Å²) in [5, 5.41) is 9.01. The molecule has 1 atom stereocenters. The Hall–Kier alpha value is -2.82. The largest absolute Gasteiger partial charge is 0.383 e. The van der Waals surface area contributed by atoms with Crippen LogP contribution >= 0.6 is 0 Å². The van der Waals surface area contributed by atoms with Gasteiger partial charge < -0.3 is 16.0 Å². The van der Waals surface area contributed by atoms with E-state index in [0.717, 1.165) is 28.2 Å². The molecule has 0 radical (unpaired) electrons. The van der Waals surface area contributed by atoms with E-state index in [2.05, 4.69) is 16.0 Å². The topological polar surface area (TPSA) is 70.2 Å². The third-order valence-corrected chi connectivity index (χ3v) is 4.18. The molecule has 124 valence electrons. The number of benzene rings is 2. The third-order valence-electron chi connectivity index (χ3n) is 4.18. The highest BCUT2D eigenvalue weighted by atomic mass is 16.2. The molecule has 1 aliphatic heterocycles. The highest BCUT2D eigenvalue weighted by molar-refractivity contribution is 6.01. The van der Waals surface area contributed by atoms with Gasteiger partial charge in [-0.25, -0.2) is 0 Å². The Bertz CT molecular complexity index is 786. The minimum Gasteiger partial charge on any atom is -0.383 e. The van der Waals surface area contributed by atoms with Gasteiger partial charge in [0, 0.05) is 18.7 Å². The van der Waals surface area contributed by atoms with E-state index in [4.69, 9.17) is 0 Å². The van der Waals surface area contributed by atoms with Crippen molar-refractivity contribution in [3.05, 3.63) is 53.6 Å². The summed E-state index contributed by atoms with van der Waals surface area (Å²) in [6.45, 7) is 4.40. The monoisotopic (exact) mass is 323 g/mol. The highest BCUT2D eigenvalue weighted by Crippen LogP contribution is 2.26. The molecule has 3 rings (SSSR count). The number of para-hydroxylation sites is 2. The summed E-state index contributed by atoms with van der Waals surface area (Å²) in [6, 6.07) is 13.4. The van der Waals surface area contributed by atoms with Crippen LogP contribution in [-0.2, 0) is 9.59 Å². The summed E-state index contributed by atoms with van der Waals surface area (Å²) in [5.41, 5.74) is 4.58. The van der Waals surface area contributed by atoms with E-state index < -0.39 is 5.92 Å². The molecule has 0 saturated heterocycles. The fourth-order valence-electron chi connectivity index (χ4n) is 2.85. The Morgan fingerprint density at radius 2 is 1.92 bits per heavy atom.